The highest BCUT2D eigenvalue weighted by Gasteiger charge is 2.34. The van der Waals surface area contributed by atoms with Gasteiger partial charge in [0.1, 0.15) is 23.0 Å². The number of nitrogens with one attached hydrogen (secondary N) is 2. The second kappa shape index (κ2) is 7.27. The number of aromatic nitrogens is 2. The number of amides is 2. The van der Waals surface area contributed by atoms with Gasteiger partial charge in [-0.05, 0) is 55.5 Å². The lowest BCUT2D eigenvalue weighted by molar-refractivity contribution is 0.248. The Morgan fingerprint density at radius 2 is 2.03 bits per heavy atom. The maximum Gasteiger partial charge on any atom is 0.354 e. The molecule has 0 saturated carbocycles. The number of rotatable bonds is 3. The van der Waals surface area contributed by atoms with Crippen LogP contribution in [0.5, 0.6) is 5.88 Å². The Balaban J connectivity index is 1.53. The first-order chi connectivity index (χ1) is 14.8. The summed E-state index contributed by atoms with van der Waals surface area (Å²) >= 11 is 0. The molecule has 1 aromatic carbocycles. The van der Waals surface area contributed by atoms with Crippen LogP contribution in [-0.4, -0.2) is 39.3 Å². The monoisotopic (exact) mass is 451 g/mol. The molecule has 11 heteroatoms. The molecule has 0 fully saturated rings. The first-order valence-corrected chi connectivity index (χ1v) is 11.8. The highest BCUT2D eigenvalue weighted by atomic mass is 32.2. The lowest BCUT2D eigenvalue weighted by Gasteiger charge is -2.16. The van der Waals surface area contributed by atoms with Gasteiger partial charge in [-0.1, -0.05) is 0 Å². The normalized spacial score (nSPS) is 23.0. The van der Waals surface area contributed by atoms with Gasteiger partial charge in [0.2, 0.25) is 5.88 Å². The summed E-state index contributed by atoms with van der Waals surface area (Å²) in [7, 11) is -1.94. The summed E-state index contributed by atoms with van der Waals surface area (Å²) in [6, 6.07) is -0.851. The predicted molar refractivity (Wildman–Crippen MR) is 110 cm³/mol. The molecule has 2 amide bonds. The lowest BCUT2D eigenvalue weighted by atomic mass is 9.98. The van der Waals surface area contributed by atoms with Gasteiger partial charge in [0.25, 0.3) is 0 Å². The van der Waals surface area contributed by atoms with E-state index in [0.29, 0.717) is 53.2 Å². The molecule has 3 aliphatic rings. The molecular weight excluding hydrogens is 428 g/mol. The van der Waals surface area contributed by atoms with Crippen LogP contribution in [0, 0.1) is 5.82 Å². The number of ether oxygens (including phenoxy) is 1. The zero-order valence-corrected chi connectivity index (χ0v) is 18.0. The van der Waals surface area contributed by atoms with E-state index < -0.39 is 22.1 Å². The first kappa shape index (κ1) is 20.4. The number of benzene rings is 1. The average Bonchev–Trinajstić information content (AvgIpc) is 3.47. The largest absolute Gasteiger partial charge is 0.472 e. The number of hydrogen-bond donors (Lipinski definition) is 2. The number of urea groups is 1. The van der Waals surface area contributed by atoms with Gasteiger partial charge in [-0.2, -0.15) is 5.10 Å². The molecule has 0 bridgehead atoms. The second-order valence-electron chi connectivity index (χ2n) is 8.14. The van der Waals surface area contributed by atoms with Crippen molar-refractivity contribution in [3.8, 4) is 5.88 Å². The standard InChI is InChI=1S/C20H23F2N5O3S/c1-10-9-27-19(30-10)16(8-24-27)31(29,23-2)26-20(28)25-18-13-5-3-4-12(13)17(22)14-6-11(21)7-15(14)18/h8,10-11H,3-7,9H2,1-2H3,(H2,23,25,26,28,29)/t10-,11+,31+/m1/s1. The van der Waals surface area contributed by atoms with E-state index >= 15 is 0 Å². The molecule has 2 aliphatic carbocycles. The summed E-state index contributed by atoms with van der Waals surface area (Å²) in [5, 5.41) is 6.86. The van der Waals surface area contributed by atoms with Crippen LogP contribution < -0.4 is 14.8 Å². The molecule has 5 rings (SSSR count). The number of carbonyl (C=O) groups is 1. The van der Waals surface area contributed by atoms with Gasteiger partial charge in [-0.15, -0.1) is 4.36 Å². The summed E-state index contributed by atoms with van der Waals surface area (Å²) in [5.74, 6) is -0.0365. The molecule has 166 valence electrons. The Labute approximate surface area is 178 Å². The fourth-order valence-electron chi connectivity index (χ4n) is 4.73. The van der Waals surface area contributed by atoms with Crippen LogP contribution in [0.3, 0.4) is 0 Å². The molecule has 8 nitrogen and oxygen atoms in total. The van der Waals surface area contributed by atoms with Crippen molar-refractivity contribution >= 4 is 21.6 Å². The van der Waals surface area contributed by atoms with Crippen molar-refractivity contribution in [2.75, 3.05) is 12.4 Å². The topological polar surface area (TPSA) is 97.6 Å². The van der Waals surface area contributed by atoms with Crippen molar-refractivity contribution < 1.29 is 22.5 Å². The fraction of sp³-hybridized carbons (Fsp3) is 0.500. The smallest absolute Gasteiger partial charge is 0.354 e. The van der Waals surface area contributed by atoms with E-state index in [-0.39, 0.29) is 29.7 Å². The van der Waals surface area contributed by atoms with Crippen LogP contribution in [-0.2, 0) is 42.1 Å². The number of hydrogen-bond acceptors (Lipinski definition) is 4. The van der Waals surface area contributed by atoms with Gasteiger partial charge in [0.15, 0.2) is 9.92 Å². The minimum absolute atomic E-state index is 0.000212. The minimum atomic E-state index is -3.37. The predicted octanol–water partition coefficient (Wildman–Crippen LogP) is 2.92. The lowest BCUT2D eigenvalue weighted by Crippen LogP contribution is -2.23. The minimum Gasteiger partial charge on any atom is -0.472 e. The highest BCUT2D eigenvalue weighted by molar-refractivity contribution is 7.92. The van der Waals surface area contributed by atoms with Crippen LogP contribution in [0.4, 0.5) is 19.3 Å². The molecule has 2 heterocycles. The Morgan fingerprint density at radius 3 is 2.81 bits per heavy atom. The van der Waals surface area contributed by atoms with Crippen LogP contribution in [0.1, 0.15) is 35.6 Å². The van der Waals surface area contributed by atoms with Crippen LogP contribution in [0.2, 0.25) is 0 Å². The summed E-state index contributed by atoms with van der Waals surface area (Å²) in [6.45, 7) is 2.37. The van der Waals surface area contributed by atoms with Crippen molar-refractivity contribution in [3.63, 3.8) is 0 Å². The number of halogens is 2. The van der Waals surface area contributed by atoms with Gasteiger partial charge in [0, 0.05) is 18.5 Å². The number of alkyl halides is 1. The van der Waals surface area contributed by atoms with Gasteiger partial charge in [-0.3, -0.25) is 0 Å². The molecule has 0 radical (unpaired) electrons. The second-order valence-corrected chi connectivity index (χ2v) is 10.2. The van der Waals surface area contributed by atoms with E-state index in [2.05, 4.69) is 19.5 Å². The molecule has 0 unspecified atom stereocenters. The van der Waals surface area contributed by atoms with Crippen molar-refractivity contribution in [1.29, 1.82) is 0 Å². The van der Waals surface area contributed by atoms with E-state index in [0.717, 1.165) is 6.42 Å². The van der Waals surface area contributed by atoms with Crippen LogP contribution in [0.25, 0.3) is 0 Å². The van der Waals surface area contributed by atoms with Crippen molar-refractivity contribution in [2.45, 2.75) is 62.7 Å². The third kappa shape index (κ3) is 3.21. The Bertz CT molecular complexity index is 1220. The number of fused-ring (bicyclic) bond motifs is 3. The molecule has 0 spiro atoms. The average molecular weight is 451 g/mol. The Morgan fingerprint density at radius 1 is 1.29 bits per heavy atom. The molecule has 3 atom stereocenters. The molecular formula is C20H23F2N5O3S. The van der Waals surface area contributed by atoms with E-state index in [1.807, 2.05) is 6.92 Å². The fourth-order valence-corrected chi connectivity index (χ4v) is 6.00. The van der Waals surface area contributed by atoms with E-state index in [1.54, 1.807) is 4.68 Å². The molecule has 31 heavy (non-hydrogen) atoms. The molecule has 1 aliphatic heterocycles. The number of nitrogens with zero attached hydrogens (tertiary/aromatic N) is 3. The maximum atomic E-state index is 14.9. The van der Waals surface area contributed by atoms with E-state index in [9.17, 15) is 17.8 Å². The molecule has 2 aromatic rings. The van der Waals surface area contributed by atoms with Gasteiger partial charge < -0.3 is 10.1 Å². The van der Waals surface area contributed by atoms with Gasteiger partial charge in [0.05, 0.1) is 12.7 Å². The van der Waals surface area contributed by atoms with Gasteiger partial charge in [-0.25, -0.2) is 27.2 Å². The highest BCUT2D eigenvalue weighted by Crippen LogP contribution is 2.41. The summed E-state index contributed by atoms with van der Waals surface area (Å²) in [4.78, 5) is 13.0. The van der Waals surface area contributed by atoms with Crippen molar-refractivity contribution in [2.24, 2.45) is 4.36 Å². The first-order valence-electron chi connectivity index (χ1n) is 10.3. The SMILES string of the molecule is CN[S@](=O)(=NC(=O)Nc1c2c(c(F)c3c1C[C@@H](F)C3)CCC2)c1cnn2c1O[C@H](C)C2. The molecule has 1 aromatic heterocycles. The molecule has 2 N–H and O–H groups in total. The summed E-state index contributed by atoms with van der Waals surface area (Å²) in [6.07, 6.45) is 2.01. The third-order valence-corrected chi connectivity index (χ3v) is 7.94. The Hall–Kier alpha value is -2.53. The quantitative estimate of drug-likeness (QED) is 0.750. The number of anilines is 1. The van der Waals surface area contributed by atoms with Crippen molar-refractivity contribution in [1.82, 2.24) is 14.5 Å². The zero-order chi connectivity index (χ0) is 21.9. The number of carbonyl (C=O) groups excluding carboxylic acids is 1. The van der Waals surface area contributed by atoms with Crippen molar-refractivity contribution in [3.05, 3.63) is 34.3 Å². The Kier molecular flexibility index (Phi) is 4.78. The van der Waals surface area contributed by atoms with Gasteiger partial charge >= 0.3 is 6.03 Å². The summed E-state index contributed by atoms with van der Waals surface area (Å²) in [5.41, 5.74) is 2.45. The third-order valence-electron chi connectivity index (χ3n) is 6.09. The summed E-state index contributed by atoms with van der Waals surface area (Å²) < 4.78 is 56.2. The van der Waals surface area contributed by atoms with E-state index in [1.165, 1.54) is 13.2 Å². The van der Waals surface area contributed by atoms with Crippen LogP contribution >= 0.6 is 0 Å². The van der Waals surface area contributed by atoms with Crippen LogP contribution in [0.15, 0.2) is 15.5 Å². The van der Waals surface area contributed by atoms with E-state index in [4.69, 9.17) is 4.74 Å². The maximum absolute atomic E-state index is 14.9. The zero-order valence-electron chi connectivity index (χ0n) is 17.2. The molecule has 0 saturated heterocycles.